The molecule has 1 aliphatic heterocycles. The zero-order valence-corrected chi connectivity index (χ0v) is 10.4. The van der Waals surface area contributed by atoms with Crippen LogP contribution in [0.15, 0.2) is 24.3 Å². The summed E-state index contributed by atoms with van der Waals surface area (Å²) in [5.41, 5.74) is 0. The lowest BCUT2D eigenvalue weighted by Crippen LogP contribution is -2.58. The summed E-state index contributed by atoms with van der Waals surface area (Å²) in [7, 11) is 0. The van der Waals surface area contributed by atoms with Crippen molar-refractivity contribution < 1.29 is 40.5 Å². The van der Waals surface area contributed by atoms with Crippen LogP contribution >= 0.6 is 0 Å². The van der Waals surface area contributed by atoms with Gasteiger partial charge in [-0.25, -0.2) is 0 Å². The molecule has 7 N–H and O–H groups in total. The maximum absolute atomic E-state index is 9.12. The van der Waals surface area contributed by atoms with E-state index in [0.717, 1.165) is 0 Å². The monoisotopic (exact) mass is 290 g/mol. The lowest BCUT2D eigenvalue weighted by molar-refractivity contribution is -0.286. The molecule has 1 saturated heterocycles. The fourth-order valence-electron chi connectivity index (χ4n) is 1.53. The molecular weight excluding hydrogens is 272 g/mol. The zero-order chi connectivity index (χ0) is 15.3. The molecule has 1 heterocycles. The van der Waals surface area contributed by atoms with Crippen molar-refractivity contribution in [1.29, 1.82) is 0 Å². The minimum Gasteiger partial charge on any atom is -0.508 e. The lowest BCUT2D eigenvalue weighted by atomic mass is 10.00. The van der Waals surface area contributed by atoms with Crippen molar-refractivity contribution in [3.8, 4) is 11.5 Å². The molecule has 1 aromatic rings. The van der Waals surface area contributed by atoms with E-state index in [1.165, 1.54) is 24.3 Å². The van der Waals surface area contributed by atoms with Crippen LogP contribution in [0.5, 0.6) is 11.5 Å². The summed E-state index contributed by atoms with van der Waals surface area (Å²) in [5.74, 6) is 0.339. The molecule has 0 saturated carbocycles. The molecule has 5 atom stereocenters. The van der Waals surface area contributed by atoms with Gasteiger partial charge in [0, 0.05) is 0 Å². The molecule has 0 amide bonds. The first-order chi connectivity index (χ1) is 9.36. The SMILES string of the molecule is OC[C@H]1O[C@@H](O)[C@H](O)[C@@H](O)[C@@H]1O.Oc1ccc(O)cc1. The van der Waals surface area contributed by atoms with Gasteiger partial charge in [0.1, 0.15) is 35.9 Å². The summed E-state index contributed by atoms with van der Waals surface area (Å²) in [4.78, 5) is 0. The second-order valence-electron chi connectivity index (χ2n) is 4.24. The number of aliphatic hydroxyl groups excluding tert-OH is 5. The summed E-state index contributed by atoms with van der Waals surface area (Å²) in [5, 5.41) is 61.9. The van der Waals surface area contributed by atoms with Crippen LogP contribution in [0, 0.1) is 0 Å². The van der Waals surface area contributed by atoms with Gasteiger partial charge < -0.3 is 40.5 Å². The van der Waals surface area contributed by atoms with E-state index >= 15 is 0 Å². The molecule has 1 aromatic carbocycles. The Morgan fingerprint density at radius 3 is 1.65 bits per heavy atom. The molecule has 0 spiro atoms. The molecule has 1 aliphatic rings. The number of benzene rings is 1. The molecule has 1 fully saturated rings. The van der Waals surface area contributed by atoms with E-state index < -0.39 is 37.3 Å². The number of aromatic hydroxyl groups is 2. The molecule has 0 radical (unpaired) electrons. The molecule has 0 bridgehead atoms. The number of phenolic OH excluding ortho intramolecular Hbond substituents is 2. The van der Waals surface area contributed by atoms with Gasteiger partial charge in [-0.1, -0.05) is 0 Å². The molecule has 0 aromatic heterocycles. The molecule has 20 heavy (non-hydrogen) atoms. The Morgan fingerprint density at radius 1 is 0.800 bits per heavy atom. The fraction of sp³-hybridized carbons (Fsp3) is 0.500. The van der Waals surface area contributed by atoms with Crippen LogP contribution in [0.2, 0.25) is 0 Å². The van der Waals surface area contributed by atoms with Crippen LogP contribution in [0.25, 0.3) is 0 Å². The highest BCUT2D eigenvalue weighted by molar-refractivity contribution is 5.28. The van der Waals surface area contributed by atoms with Crippen LogP contribution in [0.4, 0.5) is 0 Å². The van der Waals surface area contributed by atoms with E-state index in [2.05, 4.69) is 4.74 Å². The Morgan fingerprint density at radius 2 is 1.25 bits per heavy atom. The summed E-state index contributed by atoms with van der Waals surface area (Å²) in [6.07, 6.45) is -7.04. The number of hydrogen-bond acceptors (Lipinski definition) is 8. The van der Waals surface area contributed by atoms with E-state index in [4.69, 9.17) is 35.7 Å². The third kappa shape index (κ3) is 4.30. The number of ether oxygens (including phenoxy) is 1. The first-order valence-electron chi connectivity index (χ1n) is 5.83. The van der Waals surface area contributed by atoms with Crippen LogP contribution in [-0.4, -0.2) is 73.1 Å². The Bertz CT molecular complexity index is 369. The molecule has 114 valence electrons. The highest BCUT2D eigenvalue weighted by Crippen LogP contribution is 2.19. The van der Waals surface area contributed by atoms with Crippen LogP contribution in [0.3, 0.4) is 0 Å². The van der Waals surface area contributed by atoms with Gasteiger partial charge >= 0.3 is 0 Å². The van der Waals surface area contributed by atoms with Crippen molar-refractivity contribution in [1.82, 2.24) is 0 Å². The van der Waals surface area contributed by atoms with Crippen molar-refractivity contribution in [3.05, 3.63) is 24.3 Å². The summed E-state index contributed by atoms with van der Waals surface area (Å²) >= 11 is 0. The molecular formula is C12H18O8. The third-order valence-electron chi connectivity index (χ3n) is 2.72. The first kappa shape index (κ1) is 16.6. The highest BCUT2D eigenvalue weighted by atomic mass is 16.6. The van der Waals surface area contributed by atoms with E-state index in [-0.39, 0.29) is 11.5 Å². The Kier molecular flexibility index (Phi) is 6.14. The molecule has 0 unspecified atom stereocenters. The maximum Gasteiger partial charge on any atom is 0.184 e. The van der Waals surface area contributed by atoms with E-state index in [1.54, 1.807) is 0 Å². The Balaban J connectivity index is 0.000000217. The Hall–Kier alpha value is -1.42. The lowest BCUT2D eigenvalue weighted by Gasteiger charge is -2.37. The topological polar surface area (TPSA) is 151 Å². The van der Waals surface area contributed by atoms with Gasteiger partial charge in [0.25, 0.3) is 0 Å². The van der Waals surface area contributed by atoms with Gasteiger partial charge in [0.05, 0.1) is 6.61 Å². The van der Waals surface area contributed by atoms with Crippen LogP contribution < -0.4 is 0 Å². The zero-order valence-electron chi connectivity index (χ0n) is 10.4. The first-order valence-corrected chi connectivity index (χ1v) is 5.83. The maximum atomic E-state index is 9.12. The summed E-state index contributed by atoms with van der Waals surface area (Å²) in [6, 6.07) is 5.70. The normalized spacial score (nSPS) is 33.1. The van der Waals surface area contributed by atoms with Crippen LogP contribution in [-0.2, 0) is 4.74 Å². The van der Waals surface area contributed by atoms with Crippen LogP contribution in [0.1, 0.15) is 0 Å². The van der Waals surface area contributed by atoms with Crippen molar-refractivity contribution in [2.24, 2.45) is 0 Å². The van der Waals surface area contributed by atoms with Crippen molar-refractivity contribution in [3.63, 3.8) is 0 Å². The predicted octanol–water partition coefficient (Wildman–Crippen LogP) is -2.12. The minimum absolute atomic E-state index is 0.169. The van der Waals surface area contributed by atoms with Crippen molar-refractivity contribution in [2.75, 3.05) is 6.61 Å². The standard InChI is InChI=1S/C6H12O6.C6H6O2/c7-1-2-3(8)4(9)5(10)6(11)12-2;7-5-1-2-6(8)4-3-5/h2-11H,1H2;1-4,7-8H/t2-,3-,4+,5-,6-;/m1./s1. The number of phenols is 2. The van der Waals surface area contributed by atoms with Gasteiger partial charge in [-0.15, -0.1) is 0 Å². The summed E-state index contributed by atoms with van der Waals surface area (Å²) < 4.78 is 4.58. The van der Waals surface area contributed by atoms with E-state index in [1.807, 2.05) is 0 Å². The predicted molar refractivity (Wildman–Crippen MR) is 65.8 cm³/mol. The Labute approximate surface area is 114 Å². The van der Waals surface area contributed by atoms with Gasteiger partial charge in [-0.05, 0) is 24.3 Å². The average Bonchev–Trinajstić information content (AvgIpc) is 2.44. The minimum atomic E-state index is -1.57. The summed E-state index contributed by atoms with van der Waals surface area (Å²) in [6.45, 7) is -0.526. The van der Waals surface area contributed by atoms with Crippen molar-refractivity contribution in [2.45, 2.75) is 30.7 Å². The fourth-order valence-corrected chi connectivity index (χ4v) is 1.53. The second kappa shape index (κ2) is 7.39. The number of aliphatic hydroxyl groups is 5. The van der Waals surface area contributed by atoms with Gasteiger partial charge in [-0.3, -0.25) is 0 Å². The van der Waals surface area contributed by atoms with E-state index in [0.29, 0.717) is 0 Å². The quantitative estimate of drug-likeness (QED) is 0.290. The smallest absolute Gasteiger partial charge is 0.184 e. The van der Waals surface area contributed by atoms with Gasteiger partial charge in [-0.2, -0.15) is 0 Å². The largest absolute Gasteiger partial charge is 0.508 e. The molecule has 8 nitrogen and oxygen atoms in total. The van der Waals surface area contributed by atoms with Gasteiger partial charge in [0.15, 0.2) is 6.29 Å². The third-order valence-corrected chi connectivity index (χ3v) is 2.72. The van der Waals surface area contributed by atoms with Gasteiger partial charge in [0.2, 0.25) is 0 Å². The molecule has 0 aliphatic carbocycles. The number of rotatable bonds is 1. The van der Waals surface area contributed by atoms with Crippen molar-refractivity contribution >= 4 is 0 Å². The second-order valence-corrected chi connectivity index (χ2v) is 4.24. The molecule has 2 rings (SSSR count). The van der Waals surface area contributed by atoms with E-state index in [9.17, 15) is 0 Å². The average molecular weight is 290 g/mol. The molecule has 8 heteroatoms. The number of hydrogen-bond donors (Lipinski definition) is 7. The highest BCUT2D eigenvalue weighted by Gasteiger charge is 2.42.